The van der Waals surface area contributed by atoms with Crippen LogP contribution in [-0.2, 0) is 4.79 Å². The Morgan fingerprint density at radius 1 is 1.48 bits per heavy atom. The molecule has 1 fully saturated rings. The van der Waals surface area contributed by atoms with E-state index in [0.29, 0.717) is 5.92 Å². The van der Waals surface area contributed by atoms with E-state index < -0.39 is 0 Å². The van der Waals surface area contributed by atoms with Gasteiger partial charge in [-0.2, -0.15) is 0 Å². The van der Waals surface area contributed by atoms with Gasteiger partial charge in [-0.05, 0) is 37.0 Å². The van der Waals surface area contributed by atoms with Crippen molar-refractivity contribution < 1.29 is 9.53 Å². The number of piperazine rings is 1. The van der Waals surface area contributed by atoms with E-state index >= 15 is 0 Å². The lowest BCUT2D eigenvalue weighted by atomic mass is 10.0. The number of amides is 1. The topological polar surface area (TPSA) is 41.6 Å². The van der Waals surface area contributed by atoms with E-state index in [9.17, 15) is 4.79 Å². The highest BCUT2D eigenvalue weighted by atomic mass is 16.5. The number of nitrogens with one attached hydrogen (secondary N) is 1. The summed E-state index contributed by atoms with van der Waals surface area (Å²) in [7, 11) is 0. The molecule has 21 heavy (non-hydrogen) atoms. The minimum Gasteiger partial charge on any atom is -0.483 e. The van der Waals surface area contributed by atoms with Crippen molar-refractivity contribution in [3.05, 3.63) is 29.3 Å². The summed E-state index contributed by atoms with van der Waals surface area (Å²) in [6.45, 7) is 11.0. The zero-order valence-corrected chi connectivity index (χ0v) is 13.5. The van der Waals surface area contributed by atoms with Crippen molar-refractivity contribution in [3.63, 3.8) is 0 Å². The molecule has 1 aromatic carbocycles. The van der Waals surface area contributed by atoms with Gasteiger partial charge in [-0.1, -0.05) is 26.0 Å². The third-order valence-corrected chi connectivity index (χ3v) is 3.96. The van der Waals surface area contributed by atoms with Gasteiger partial charge in [0.2, 0.25) is 0 Å². The second kappa shape index (κ2) is 6.94. The first-order chi connectivity index (χ1) is 9.99. The molecule has 1 heterocycles. The standard InChI is InChI=1S/C17H26N2O2/c1-12(2)15-6-5-13(3)9-16(15)21-11-17(20)19-8-7-18-10-14(19)4/h5-6,9,12,14,18H,7-8,10-11H2,1-4H3. The number of carbonyl (C=O) groups excluding carboxylic acids is 1. The van der Waals surface area contributed by atoms with E-state index in [1.807, 2.05) is 17.9 Å². The molecule has 2 rings (SSSR count). The SMILES string of the molecule is Cc1ccc(C(C)C)c(OCC(=O)N2CCNCC2C)c1. The number of hydrogen-bond donors (Lipinski definition) is 1. The maximum atomic E-state index is 12.3. The summed E-state index contributed by atoms with van der Waals surface area (Å²) >= 11 is 0. The average molecular weight is 290 g/mol. The quantitative estimate of drug-likeness (QED) is 0.925. The predicted octanol–water partition coefficient (Wildman–Crippen LogP) is 2.32. The molecule has 0 radical (unpaired) electrons. The zero-order valence-electron chi connectivity index (χ0n) is 13.5. The van der Waals surface area contributed by atoms with Crippen molar-refractivity contribution in [1.82, 2.24) is 10.2 Å². The van der Waals surface area contributed by atoms with Gasteiger partial charge in [-0.25, -0.2) is 0 Å². The Morgan fingerprint density at radius 3 is 2.90 bits per heavy atom. The number of aryl methyl sites for hydroxylation is 1. The molecule has 1 atom stereocenters. The number of ether oxygens (including phenoxy) is 1. The molecule has 0 spiro atoms. The summed E-state index contributed by atoms with van der Waals surface area (Å²) in [5.74, 6) is 1.29. The summed E-state index contributed by atoms with van der Waals surface area (Å²) in [6, 6.07) is 6.43. The minimum absolute atomic E-state index is 0.0696. The normalized spacial score (nSPS) is 18.9. The van der Waals surface area contributed by atoms with Gasteiger partial charge in [0.25, 0.3) is 5.91 Å². The highest BCUT2D eigenvalue weighted by molar-refractivity contribution is 5.78. The number of hydrogen-bond acceptors (Lipinski definition) is 3. The Labute approximate surface area is 127 Å². The second-order valence-electron chi connectivity index (χ2n) is 6.12. The minimum atomic E-state index is 0.0696. The Morgan fingerprint density at radius 2 is 2.24 bits per heavy atom. The maximum absolute atomic E-state index is 12.3. The van der Waals surface area contributed by atoms with Crippen LogP contribution < -0.4 is 10.1 Å². The van der Waals surface area contributed by atoms with Crippen LogP contribution in [0.5, 0.6) is 5.75 Å². The molecule has 1 N–H and O–H groups in total. The van der Waals surface area contributed by atoms with Gasteiger partial charge in [0.1, 0.15) is 5.75 Å². The molecule has 0 saturated carbocycles. The van der Waals surface area contributed by atoms with Crippen LogP contribution in [-0.4, -0.2) is 43.1 Å². The van der Waals surface area contributed by atoms with Crippen molar-refractivity contribution in [3.8, 4) is 5.75 Å². The fourth-order valence-electron chi connectivity index (χ4n) is 2.68. The number of rotatable bonds is 4. The Balaban J connectivity index is 2.02. The van der Waals surface area contributed by atoms with Crippen LogP contribution in [0.3, 0.4) is 0 Å². The van der Waals surface area contributed by atoms with E-state index in [1.165, 1.54) is 0 Å². The number of nitrogens with zero attached hydrogens (tertiary/aromatic N) is 1. The molecule has 0 bridgehead atoms. The van der Waals surface area contributed by atoms with Crippen LogP contribution in [0.25, 0.3) is 0 Å². The molecular formula is C17H26N2O2. The molecular weight excluding hydrogens is 264 g/mol. The first-order valence-corrected chi connectivity index (χ1v) is 7.72. The summed E-state index contributed by atoms with van der Waals surface area (Å²) in [6.07, 6.45) is 0. The molecule has 4 heteroatoms. The molecule has 116 valence electrons. The van der Waals surface area contributed by atoms with Crippen molar-refractivity contribution in [1.29, 1.82) is 0 Å². The van der Waals surface area contributed by atoms with Crippen molar-refractivity contribution in [2.75, 3.05) is 26.2 Å². The lowest BCUT2D eigenvalue weighted by Crippen LogP contribution is -2.53. The van der Waals surface area contributed by atoms with Crippen LogP contribution in [0.1, 0.15) is 37.8 Å². The van der Waals surface area contributed by atoms with Gasteiger partial charge in [0.05, 0.1) is 0 Å². The van der Waals surface area contributed by atoms with Gasteiger partial charge in [0, 0.05) is 25.7 Å². The molecule has 1 unspecified atom stereocenters. The van der Waals surface area contributed by atoms with E-state index in [2.05, 4.69) is 38.2 Å². The Bertz CT molecular complexity index is 500. The molecule has 4 nitrogen and oxygen atoms in total. The van der Waals surface area contributed by atoms with E-state index in [0.717, 1.165) is 36.5 Å². The van der Waals surface area contributed by atoms with Crippen LogP contribution in [0.4, 0.5) is 0 Å². The highest BCUT2D eigenvalue weighted by Crippen LogP contribution is 2.27. The molecule has 1 aliphatic rings. The van der Waals surface area contributed by atoms with Gasteiger partial charge in [-0.15, -0.1) is 0 Å². The summed E-state index contributed by atoms with van der Waals surface area (Å²) in [5, 5.41) is 3.29. The highest BCUT2D eigenvalue weighted by Gasteiger charge is 2.23. The summed E-state index contributed by atoms with van der Waals surface area (Å²) < 4.78 is 5.83. The fraction of sp³-hybridized carbons (Fsp3) is 0.588. The van der Waals surface area contributed by atoms with Crippen molar-refractivity contribution >= 4 is 5.91 Å². The molecule has 1 amide bonds. The summed E-state index contributed by atoms with van der Waals surface area (Å²) in [4.78, 5) is 14.2. The number of carbonyl (C=O) groups is 1. The van der Waals surface area contributed by atoms with Gasteiger partial charge in [-0.3, -0.25) is 4.79 Å². The van der Waals surface area contributed by atoms with Gasteiger partial charge in [0.15, 0.2) is 6.61 Å². The van der Waals surface area contributed by atoms with E-state index in [1.54, 1.807) is 0 Å². The van der Waals surface area contributed by atoms with Crippen LogP contribution in [0, 0.1) is 6.92 Å². The molecule has 1 saturated heterocycles. The van der Waals surface area contributed by atoms with E-state index in [4.69, 9.17) is 4.74 Å². The predicted molar refractivity (Wildman–Crippen MR) is 84.8 cm³/mol. The third kappa shape index (κ3) is 3.97. The maximum Gasteiger partial charge on any atom is 0.260 e. The van der Waals surface area contributed by atoms with Crippen LogP contribution >= 0.6 is 0 Å². The molecule has 1 aliphatic heterocycles. The van der Waals surface area contributed by atoms with Crippen molar-refractivity contribution in [2.24, 2.45) is 0 Å². The van der Waals surface area contributed by atoms with Crippen molar-refractivity contribution in [2.45, 2.75) is 39.7 Å². The zero-order chi connectivity index (χ0) is 15.4. The first-order valence-electron chi connectivity index (χ1n) is 7.72. The van der Waals surface area contributed by atoms with E-state index in [-0.39, 0.29) is 18.6 Å². The second-order valence-corrected chi connectivity index (χ2v) is 6.12. The lowest BCUT2D eigenvalue weighted by molar-refractivity contribution is -0.136. The molecule has 0 aliphatic carbocycles. The van der Waals surface area contributed by atoms with Gasteiger partial charge < -0.3 is 15.0 Å². The summed E-state index contributed by atoms with van der Waals surface area (Å²) in [5.41, 5.74) is 2.30. The first kappa shape index (κ1) is 15.8. The lowest BCUT2D eigenvalue weighted by Gasteiger charge is -2.34. The average Bonchev–Trinajstić information content (AvgIpc) is 2.45. The van der Waals surface area contributed by atoms with Gasteiger partial charge >= 0.3 is 0 Å². The molecule has 0 aromatic heterocycles. The largest absolute Gasteiger partial charge is 0.483 e. The monoisotopic (exact) mass is 290 g/mol. The fourth-order valence-corrected chi connectivity index (χ4v) is 2.68. The number of benzene rings is 1. The smallest absolute Gasteiger partial charge is 0.260 e. The Kier molecular flexibility index (Phi) is 5.23. The third-order valence-electron chi connectivity index (χ3n) is 3.96. The van der Waals surface area contributed by atoms with Crippen LogP contribution in [0.2, 0.25) is 0 Å². The molecule has 1 aromatic rings. The van der Waals surface area contributed by atoms with Crippen LogP contribution in [0.15, 0.2) is 18.2 Å². The Hall–Kier alpha value is -1.55.